The van der Waals surface area contributed by atoms with Crippen LogP contribution < -0.4 is 11.1 Å². The molecule has 6 heteroatoms. The van der Waals surface area contributed by atoms with E-state index in [9.17, 15) is 4.79 Å². The van der Waals surface area contributed by atoms with Crippen LogP contribution in [0.15, 0.2) is 18.2 Å². The van der Waals surface area contributed by atoms with Crippen molar-refractivity contribution in [2.45, 2.75) is 0 Å². The minimum atomic E-state index is -0.102. The minimum absolute atomic E-state index is 0.102. The first-order valence-corrected chi connectivity index (χ1v) is 6.44. The number of amides is 1. The molecule has 5 nitrogen and oxygen atoms in total. The van der Waals surface area contributed by atoms with E-state index in [1.807, 2.05) is 26.0 Å². The fourth-order valence-corrected chi connectivity index (χ4v) is 1.69. The molecule has 0 radical (unpaired) electrons. The summed E-state index contributed by atoms with van der Waals surface area (Å²) in [6, 6.07) is 5.01. The van der Waals surface area contributed by atoms with Crippen LogP contribution in [-0.4, -0.2) is 56.5 Å². The van der Waals surface area contributed by atoms with E-state index in [1.165, 1.54) is 0 Å². The first-order chi connectivity index (χ1) is 8.88. The molecule has 0 spiro atoms. The average Bonchev–Trinajstić information content (AvgIpc) is 2.31. The predicted molar refractivity (Wildman–Crippen MR) is 80.5 cm³/mol. The van der Waals surface area contributed by atoms with Crippen molar-refractivity contribution in [2.75, 3.05) is 51.8 Å². The summed E-state index contributed by atoms with van der Waals surface area (Å²) in [7, 11) is 5.91. The van der Waals surface area contributed by atoms with E-state index in [2.05, 4.69) is 10.2 Å². The molecule has 0 bridgehead atoms. The molecular formula is C13H21ClN4O. The van der Waals surface area contributed by atoms with Gasteiger partial charge in [0, 0.05) is 18.1 Å². The number of rotatable bonds is 6. The maximum absolute atomic E-state index is 11.9. The molecule has 1 amide bonds. The van der Waals surface area contributed by atoms with Crippen LogP contribution in [-0.2, 0) is 4.79 Å². The number of benzene rings is 1. The van der Waals surface area contributed by atoms with Gasteiger partial charge in [0.1, 0.15) is 0 Å². The summed E-state index contributed by atoms with van der Waals surface area (Å²) in [6.45, 7) is 2.05. The van der Waals surface area contributed by atoms with Crippen molar-refractivity contribution >= 4 is 28.9 Å². The van der Waals surface area contributed by atoms with E-state index in [1.54, 1.807) is 18.2 Å². The first-order valence-electron chi connectivity index (χ1n) is 6.06. The van der Waals surface area contributed by atoms with E-state index in [0.717, 1.165) is 13.1 Å². The van der Waals surface area contributed by atoms with Gasteiger partial charge in [-0.25, -0.2) is 0 Å². The van der Waals surface area contributed by atoms with Gasteiger partial charge in [0.25, 0.3) is 0 Å². The summed E-state index contributed by atoms with van der Waals surface area (Å²) in [5.41, 5.74) is 6.84. The molecule has 0 aromatic heterocycles. The van der Waals surface area contributed by atoms with E-state index in [-0.39, 0.29) is 5.91 Å². The molecule has 0 saturated heterocycles. The third-order valence-electron chi connectivity index (χ3n) is 2.63. The fraction of sp³-hybridized carbons (Fsp3) is 0.462. The normalized spacial score (nSPS) is 11.1. The van der Waals surface area contributed by atoms with Gasteiger partial charge in [-0.3, -0.25) is 9.69 Å². The molecule has 0 fully saturated rings. The molecule has 1 aromatic carbocycles. The number of hydrogen-bond donors (Lipinski definition) is 2. The van der Waals surface area contributed by atoms with E-state index in [4.69, 9.17) is 17.3 Å². The van der Waals surface area contributed by atoms with Crippen molar-refractivity contribution in [1.29, 1.82) is 0 Å². The first kappa shape index (κ1) is 15.8. The predicted octanol–water partition coefficient (Wildman–Crippen LogP) is 1.35. The summed E-state index contributed by atoms with van der Waals surface area (Å²) in [6.07, 6.45) is 0. The Labute approximate surface area is 119 Å². The molecule has 1 aromatic rings. The molecule has 0 heterocycles. The summed E-state index contributed by atoms with van der Waals surface area (Å²) < 4.78 is 0. The lowest BCUT2D eigenvalue weighted by Crippen LogP contribution is -2.35. The average molecular weight is 285 g/mol. The number of nitrogens with one attached hydrogen (secondary N) is 1. The molecule has 0 atom stereocenters. The van der Waals surface area contributed by atoms with Gasteiger partial charge in [-0.2, -0.15) is 0 Å². The Hall–Kier alpha value is -1.30. The molecule has 1 rings (SSSR count). The zero-order valence-corrected chi connectivity index (χ0v) is 12.4. The quantitative estimate of drug-likeness (QED) is 0.774. The number of nitrogens with zero attached hydrogens (tertiary/aromatic N) is 2. The molecule has 0 aliphatic heterocycles. The van der Waals surface area contributed by atoms with Gasteiger partial charge in [0.2, 0.25) is 5.91 Å². The number of anilines is 2. The van der Waals surface area contributed by atoms with Gasteiger partial charge < -0.3 is 16.0 Å². The Kier molecular flexibility index (Phi) is 6.08. The lowest BCUT2D eigenvalue weighted by Gasteiger charge is -2.19. The fourth-order valence-electron chi connectivity index (χ4n) is 1.52. The second kappa shape index (κ2) is 7.33. The highest BCUT2D eigenvalue weighted by atomic mass is 35.5. The van der Waals surface area contributed by atoms with E-state index in [0.29, 0.717) is 22.9 Å². The number of nitrogen functional groups attached to an aromatic ring is 1. The maximum atomic E-state index is 11.9. The molecule has 0 saturated carbocycles. The Morgan fingerprint density at radius 1 is 1.32 bits per heavy atom. The standard InChI is InChI=1S/C13H21ClN4O/c1-17(2)6-7-18(3)9-13(19)16-12-8-10(14)4-5-11(12)15/h4-5,8H,6-7,9,15H2,1-3H3,(H,16,19). The van der Waals surface area contributed by atoms with Gasteiger partial charge in [0.15, 0.2) is 0 Å². The molecule has 0 aliphatic rings. The Bertz CT molecular complexity index is 437. The molecule has 106 valence electrons. The minimum Gasteiger partial charge on any atom is -0.397 e. The zero-order valence-electron chi connectivity index (χ0n) is 11.6. The van der Waals surface area contributed by atoms with E-state index >= 15 is 0 Å². The van der Waals surface area contributed by atoms with Crippen LogP contribution in [0.2, 0.25) is 5.02 Å². The van der Waals surface area contributed by atoms with Crippen molar-refractivity contribution in [3.63, 3.8) is 0 Å². The molecule has 0 aliphatic carbocycles. The summed E-state index contributed by atoms with van der Waals surface area (Å²) in [4.78, 5) is 15.9. The number of halogens is 1. The van der Waals surface area contributed by atoms with Crippen molar-refractivity contribution in [3.8, 4) is 0 Å². The van der Waals surface area contributed by atoms with Crippen molar-refractivity contribution < 1.29 is 4.79 Å². The highest BCUT2D eigenvalue weighted by Gasteiger charge is 2.09. The van der Waals surface area contributed by atoms with Crippen molar-refractivity contribution in [2.24, 2.45) is 0 Å². The zero-order chi connectivity index (χ0) is 14.4. The van der Waals surface area contributed by atoms with E-state index < -0.39 is 0 Å². The van der Waals surface area contributed by atoms with Gasteiger partial charge >= 0.3 is 0 Å². The second-order valence-electron chi connectivity index (χ2n) is 4.82. The summed E-state index contributed by atoms with van der Waals surface area (Å²) in [5.74, 6) is -0.102. The Morgan fingerprint density at radius 3 is 2.63 bits per heavy atom. The van der Waals surface area contributed by atoms with Crippen LogP contribution in [0, 0.1) is 0 Å². The highest BCUT2D eigenvalue weighted by Crippen LogP contribution is 2.22. The SMILES string of the molecule is CN(C)CCN(C)CC(=O)Nc1cc(Cl)ccc1N. The Balaban J connectivity index is 2.48. The molecule has 3 N–H and O–H groups in total. The summed E-state index contributed by atoms with van der Waals surface area (Å²) in [5, 5.41) is 3.31. The number of nitrogens with two attached hydrogens (primary N) is 1. The molecule has 0 unspecified atom stereocenters. The number of likely N-dealkylation sites (N-methyl/N-ethyl adjacent to an activating group) is 2. The molecule has 19 heavy (non-hydrogen) atoms. The van der Waals surface area contributed by atoms with Crippen LogP contribution >= 0.6 is 11.6 Å². The van der Waals surface area contributed by atoms with Crippen LogP contribution in [0.5, 0.6) is 0 Å². The van der Waals surface area contributed by atoms with Gasteiger partial charge in [-0.1, -0.05) is 11.6 Å². The molecular weight excluding hydrogens is 264 g/mol. The Morgan fingerprint density at radius 2 is 2.00 bits per heavy atom. The van der Waals surface area contributed by atoms with Crippen LogP contribution in [0.1, 0.15) is 0 Å². The number of carbonyl (C=O) groups excluding carboxylic acids is 1. The number of carbonyl (C=O) groups is 1. The largest absolute Gasteiger partial charge is 0.397 e. The van der Waals surface area contributed by atoms with Crippen molar-refractivity contribution in [3.05, 3.63) is 23.2 Å². The third kappa shape index (κ3) is 5.92. The third-order valence-corrected chi connectivity index (χ3v) is 2.87. The van der Waals surface area contributed by atoms with Gasteiger partial charge in [-0.15, -0.1) is 0 Å². The van der Waals surface area contributed by atoms with Crippen LogP contribution in [0.4, 0.5) is 11.4 Å². The second-order valence-corrected chi connectivity index (χ2v) is 5.26. The lowest BCUT2D eigenvalue weighted by molar-refractivity contribution is -0.117. The van der Waals surface area contributed by atoms with Crippen LogP contribution in [0.3, 0.4) is 0 Å². The number of hydrogen-bond acceptors (Lipinski definition) is 4. The smallest absolute Gasteiger partial charge is 0.238 e. The van der Waals surface area contributed by atoms with Crippen LogP contribution in [0.25, 0.3) is 0 Å². The lowest BCUT2D eigenvalue weighted by atomic mass is 10.2. The van der Waals surface area contributed by atoms with Gasteiger partial charge in [0.05, 0.1) is 17.9 Å². The summed E-state index contributed by atoms with van der Waals surface area (Å²) >= 11 is 5.87. The maximum Gasteiger partial charge on any atom is 0.238 e. The highest BCUT2D eigenvalue weighted by molar-refractivity contribution is 6.31. The monoisotopic (exact) mass is 284 g/mol. The topological polar surface area (TPSA) is 61.6 Å². The van der Waals surface area contributed by atoms with Crippen molar-refractivity contribution in [1.82, 2.24) is 9.80 Å². The van der Waals surface area contributed by atoms with Gasteiger partial charge in [-0.05, 0) is 39.3 Å².